The zero-order chi connectivity index (χ0) is 20.2. The van der Waals surface area contributed by atoms with Crippen LogP contribution in [0.1, 0.15) is 48.4 Å². The van der Waals surface area contributed by atoms with E-state index in [9.17, 15) is 14.2 Å². The van der Waals surface area contributed by atoms with Crippen LogP contribution in [0.3, 0.4) is 0 Å². The summed E-state index contributed by atoms with van der Waals surface area (Å²) >= 11 is 0. The quantitative estimate of drug-likeness (QED) is 0.432. The first-order valence-electron chi connectivity index (χ1n) is 8.84. The monoisotopic (exact) mass is 388 g/mol. The van der Waals surface area contributed by atoms with Crippen LogP contribution in [-0.2, 0) is 4.57 Å². The number of ketones is 2. The molecule has 0 atom stereocenters. The number of carbonyl (C=O) groups is 2. The molecular formula is C21H25O5P. The maximum absolute atomic E-state index is 12.6. The van der Waals surface area contributed by atoms with Gasteiger partial charge in [0.25, 0.3) is 0 Å². The van der Waals surface area contributed by atoms with E-state index in [1.807, 2.05) is 27.7 Å². The van der Waals surface area contributed by atoms with E-state index in [1.54, 1.807) is 48.5 Å². The van der Waals surface area contributed by atoms with Crippen molar-refractivity contribution < 1.29 is 23.2 Å². The van der Waals surface area contributed by atoms with Crippen LogP contribution in [0.4, 0.5) is 0 Å². The normalized spacial score (nSPS) is 11.5. The van der Waals surface area contributed by atoms with Crippen LogP contribution in [0.2, 0.25) is 0 Å². The van der Waals surface area contributed by atoms with E-state index >= 15 is 0 Å². The average molecular weight is 388 g/mol. The molecule has 0 unspecified atom stereocenters. The number of benzene rings is 2. The minimum absolute atomic E-state index is 0.0357. The molecule has 27 heavy (non-hydrogen) atoms. The smallest absolute Gasteiger partial charge is 0.416 e. The first kappa shape index (κ1) is 20.9. The van der Waals surface area contributed by atoms with Crippen LogP contribution in [0.5, 0.6) is 11.5 Å². The fourth-order valence-electron chi connectivity index (χ4n) is 2.43. The van der Waals surface area contributed by atoms with Gasteiger partial charge in [-0.05, 0) is 48.5 Å². The molecule has 0 fully saturated rings. The number of Topliss-reactive ketones (excluding diaryl/α,β-unsaturated/α-hetero) is 2. The van der Waals surface area contributed by atoms with Gasteiger partial charge in [-0.25, -0.2) is 4.57 Å². The fraction of sp³-hybridized carbons (Fsp3) is 0.333. The molecule has 2 rings (SSSR count). The van der Waals surface area contributed by atoms with Crippen molar-refractivity contribution in [3.8, 4) is 11.5 Å². The molecule has 0 saturated carbocycles. The maximum Gasteiger partial charge on any atom is 0.427 e. The molecule has 144 valence electrons. The van der Waals surface area contributed by atoms with Gasteiger partial charge in [0.2, 0.25) is 0 Å². The van der Waals surface area contributed by atoms with Gasteiger partial charge in [-0.15, -0.1) is 0 Å². The first-order chi connectivity index (χ1) is 12.6. The summed E-state index contributed by atoms with van der Waals surface area (Å²) in [6.07, 6.45) is 0. The number of rotatable bonds is 8. The van der Waals surface area contributed by atoms with Gasteiger partial charge in [0.1, 0.15) is 11.5 Å². The number of hydrogen-bond acceptors (Lipinski definition) is 5. The van der Waals surface area contributed by atoms with Gasteiger partial charge >= 0.3 is 7.60 Å². The van der Waals surface area contributed by atoms with Crippen LogP contribution in [0.15, 0.2) is 48.5 Å². The van der Waals surface area contributed by atoms with Crippen molar-refractivity contribution in [3.05, 3.63) is 59.7 Å². The van der Waals surface area contributed by atoms with E-state index in [4.69, 9.17) is 9.05 Å². The van der Waals surface area contributed by atoms with Crippen LogP contribution in [0, 0.1) is 11.8 Å². The molecule has 0 heterocycles. The van der Waals surface area contributed by atoms with Crippen molar-refractivity contribution in [1.29, 1.82) is 0 Å². The minimum atomic E-state index is -3.42. The van der Waals surface area contributed by atoms with Gasteiger partial charge in [0, 0.05) is 23.0 Å². The largest absolute Gasteiger partial charge is 0.427 e. The molecule has 0 N–H and O–H groups in total. The average Bonchev–Trinajstić information content (AvgIpc) is 2.61. The van der Waals surface area contributed by atoms with Crippen molar-refractivity contribution in [2.24, 2.45) is 11.8 Å². The molecule has 0 saturated heterocycles. The van der Waals surface area contributed by atoms with E-state index < -0.39 is 7.60 Å². The van der Waals surface area contributed by atoms with Crippen molar-refractivity contribution in [1.82, 2.24) is 0 Å². The highest BCUT2D eigenvalue weighted by Gasteiger charge is 2.21. The first-order valence-corrected chi connectivity index (χ1v) is 10.8. The van der Waals surface area contributed by atoms with E-state index in [1.165, 1.54) is 6.66 Å². The SMILES string of the molecule is CC(C)C(=O)c1ccc(OP(C)(=O)Oc2ccc(C(=O)C(C)C)cc2)cc1. The highest BCUT2D eigenvalue weighted by atomic mass is 31.2. The second-order valence-electron chi connectivity index (χ2n) is 7.04. The highest BCUT2D eigenvalue weighted by Crippen LogP contribution is 2.44. The Morgan fingerprint density at radius 1 is 0.704 bits per heavy atom. The third-order valence-electron chi connectivity index (χ3n) is 3.87. The van der Waals surface area contributed by atoms with Gasteiger partial charge in [-0.1, -0.05) is 27.7 Å². The molecule has 0 bridgehead atoms. The Balaban J connectivity index is 2.05. The molecule has 0 spiro atoms. The Kier molecular flexibility index (Phi) is 6.61. The zero-order valence-corrected chi connectivity index (χ0v) is 17.2. The molecule has 2 aromatic rings. The molecule has 0 aliphatic heterocycles. The maximum atomic E-state index is 12.6. The Hall–Kier alpha value is -2.39. The van der Waals surface area contributed by atoms with Crippen LogP contribution >= 0.6 is 7.60 Å². The van der Waals surface area contributed by atoms with E-state index in [0.717, 1.165) is 0 Å². The second kappa shape index (κ2) is 8.53. The molecule has 2 aromatic carbocycles. The van der Waals surface area contributed by atoms with Crippen molar-refractivity contribution in [2.75, 3.05) is 6.66 Å². The van der Waals surface area contributed by atoms with E-state index in [2.05, 4.69) is 0 Å². The van der Waals surface area contributed by atoms with Crippen LogP contribution < -0.4 is 9.05 Å². The lowest BCUT2D eigenvalue weighted by Gasteiger charge is -2.17. The van der Waals surface area contributed by atoms with Crippen LogP contribution in [0.25, 0.3) is 0 Å². The van der Waals surface area contributed by atoms with Gasteiger partial charge in [0.15, 0.2) is 11.6 Å². The number of carbonyl (C=O) groups excluding carboxylic acids is 2. The predicted molar refractivity (Wildman–Crippen MR) is 106 cm³/mol. The third kappa shape index (κ3) is 5.80. The summed E-state index contributed by atoms with van der Waals surface area (Å²) in [5, 5.41) is 0. The topological polar surface area (TPSA) is 69.7 Å². The van der Waals surface area contributed by atoms with Gasteiger partial charge in [-0.3, -0.25) is 9.59 Å². The molecular weight excluding hydrogens is 363 g/mol. The van der Waals surface area contributed by atoms with E-state index in [0.29, 0.717) is 22.6 Å². The lowest BCUT2D eigenvalue weighted by molar-refractivity contribution is 0.0932. The minimum Gasteiger partial charge on any atom is -0.416 e. The fourth-order valence-corrected chi connectivity index (χ4v) is 3.47. The lowest BCUT2D eigenvalue weighted by atomic mass is 10.0. The van der Waals surface area contributed by atoms with Crippen molar-refractivity contribution >= 4 is 19.2 Å². The van der Waals surface area contributed by atoms with Crippen molar-refractivity contribution in [2.45, 2.75) is 27.7 Å². The van der Waals surface area contributed by atoms with E-state index in [-0.39, 0.29) is 23.4 Å². The number of hydrogen-bond donors (Lipinski definition) is 0. The molecule has 0 radical (unpaired) electrons. The predicted octanol–water partition coefficient (Wildman–Crippen LogP) is 5.64. The Bertz CT molecular complexity index is 782. The summed E-state index contributed by atoms with van der Waals surface area (Å²) in [6.45, 7) is 8.71. The summed E-state index contributed by atoms with van der Waals surface area (Å²) in [4.78, 5) is 23.9. The molecule has 0 aromatic heterocycles. The van der Waals surface area contributed by atoms with Gasteiger partial charge in [-0.2, -0.15) is 0 Å². The molecule has 6 heteroatoms. The second-order valence-corrected chi connectivity index (χ2v) is 8.95. The lowest BCUT2D eigenvalue weighted by Crippen LogP contribution is -2.07. The Labute approximate surface area is 160 Å². The Morgan fingerprint density at radius 2 is 1.00 bits per heavy atom. The van der Waals surface area contributed by atoms with Gasteiger partial charge < -0.3 is 9.05 Å². The summed E-state index contributed by atoms with van der Waals surface area (Å²) < 4.78 is 23.6. The Morgan fingerprint density at radius 3 is 1.26 bits per heavy atom. The summed E-state index contributed by atoms with van der Waals surface area (Å²) in [5.41, 5.74) is 1.16. The molecule has 0 amide bonds. The molecule has 0 aliphatic rings. The standard InChI is InChI=1S/C21H25O5P/c1-14(2)20(22)16-6-10-18(11-7-16)25-27(5,24)26-19-12-8-17(9-13-19)21(23)15(3)4/h6-15H,1-5H3. The zero-order valence-electron chi connectivity index (χ0n) is 16.3. The summed E-state index contributed by atoms with van der Waals surface area (Å²) in [5.74, 6) is 0.591. The highest BCUT2D eigenvalue weighted by molar-refractivity contribution is 7.53. The summed E-state index contributed by atoms with van der Waals surface area (Å²) in [6, 6.07) is 13.0. The molecule has 5 nitrogen and oxygen atoms in total. The third-order valence-corrected chi connectivity index (χ3v) is 4.95. The van der Waals surface area contributed by atoms with Crippen molar-refractivity contribution in [3.63, 3.8) is 0 Å². The molecule has 0 aliphatic carbocycles. The summed E-state index contributed by atoms with van der Waals surface area (Å²) in [7, 11) is -3.42. The van der Waals surface area contributed by atoms with Gasteiger partial charge in [0.05, 0.1) is 6.66 Å². The van der Waals surface area contributed by atoms with Crippen LogP contribution in [-0.4, -0.2) is 18.2 Å².